The predicted octanol–water partition coefficient (Wildman–Crippen LogP) is 4.65. The minimum Gasteiger partial charge on any atom is -0.403 e. The minimum atomic E-state index is -0.932. The topological polar surface area (TPSA) is 47.6 Å². The van der Waals surface area contributed by atoms with Gasteiger partial charge in [0.05, 0.1) is 17.2 Å². The van der Waals surface area contributed by atoms with Gasteiger partial charge in [-0.05, 0) is 58.1 Å². The van der Waals surface area contributed by atoms with Gasteiger partial charge in [-0.15, -0.1) is 0 Å². The van der Waals surface area contributed by atoms with Crippen molar-refractivity contribution in [3.63, 3.8) is 0 Å². The molecule has 1 aliphatic heterocycles. The van der Waals surface area contributed by atoms with Crippen molar-refractivity contribution in [1.29, 1.82) is 0 Å². The van der Waals surface area contributed by atoms with Gasteiger partial charge in [0.15, 0.2) is 11.6 Å². The summed E-state index contributed by atoms with van der Waals surface area (Å²) in [5.41, 5.74) is -0.961. The average Bonchev–Trinajstić information content (AvgIpc) is 2.72. The Morgan fingerprint density at radius 1 is 1.11 bits per heavy atom. The van der Waals surface area contributed by atoms with E-state index in [0.717, 1.165) is 12.1 Å². The predicted molar refractivity (Wildman–Crippen MR) is 102 cm³/mol. The van der Waals surface area contributed by atoms with E-state index in [2.05, 4.69) is 5.32 Å². The first-order chi connectivity index (χ1) is 12.2. The van der Waals surface area contributed by atoms with Gasteiger partial charge in [0.1, 0.15) is 0 Å². The molecule has 2 rings (SSSR count). The molecule has 1 heterocycles. The van der Waals surface area contributed by atoms with Gasteiger partial charge in [0.2, 0.25) is 5.91 Å². The van der Waals surface area contributed by atoms with Crippen molar-refractivity contribution in [2.75, 3.05) is 0 Å². The molecule has 27 heavy (non-hydrogen) atoms. The molecule has 1 aromatic rings. The molecule has 1 fully saturated rings. The van der Waals surface area contributed by atoms with Gasteiger partial charge in [-0.2, -0.15) is 0 Å². The number of halogens is 2. The van der Waals surface area contributed by atoms with Crippen molar-refractivity contribution < 1.29 is 22.9 Å². The quantitative estimate of drug-likeness (QED) is 0.756. The Morgan fingerprint density at radius 2 is 1.67 bits per heavy atom. The Bertz CT molecular complexity index is 685. The fraction of sp³-hybridized carbons (Fsp3) is 0.650. The maximum absolute atomic E-state index is 13.7. The van der Waals surface area contributed by atoms with Crippen LogP contribution in [-0.2, 0) is 14.1 Å². The summed E-state index contributed by atoms with van der Waals surface area (Å²) in [6.07, 6.45) is 0.991. The molecule has 0 aliphatic carbocycles. The number of hydrogen-bond acceptors (Lipinski definition) is 3. The number of carbonyl (C=O) groups is 1. The Hall–Kier alpha value is -1.47. The summed E-state index contributed by atoms with van der Waals surface area (Å²) in [6.45, 7) is 13.3. The fourth-order valence-electron chi connectivity index (χ4n) is 2.81. The van der Waals surface area contributed by atoms with Crippen LogP contribution in [0.15, 0.2) is 18.2 Å². The zero-order valence-electron chi connectivity index (χ0n) is 17.3. The van der Waals surface area contributed by atoms with Gasteiger partial charge in [-0.25, -0.2) is 8.78 Å². The van der Waals surface area contributed by atoms with Crippen LogP contribution >= 0.6 is 0 Å². The highest BCUT2D eigenvalue weighted by Crippen LogP contribution is 2.38. The second kappa shape index (κ2) is 7.51. The number of rotatable bonds is 5. The molecule has 1 amide bonds. The lowest BCUT2D eigenvalue weighted by molar-refractivity contribution is -0.129. The van der Waals surface area contributed by atoms with Crippen molar-refractivity contribution in [2.24, 2.45) is 5.41 Å². The molecule has 0 spiro atoms. The highest BCUT2D eigenvalue weighted by atomic mass is 19.2. The average molecular weight is 381 g/mol. The largest absolute Gasteiger partial charge is 0.457 e. The summed E-state index contributed by atoms with van der Waals surface area (Å²) in [5.74, 6) is -2.00. The van der Waals surface area contributed by atoms with E-state index < -0.39 is 41.4 Å². The molecular weight excluding hydrogens is 351 g/mol. The Kier molecular flexibility index (Phi) is 6.07. The molecule has 1 saturated heterocycles. The van der Waals surface area contributed by atoms with Gasteiger partial charge < -0.3 is 14.6 Å². The van der Waals surface area contributed by atoms with Crippen molar-refractivity contribution in [3.8, 4) is 0 Å². The summed E-state index contributed by atoms with van der Waals surface area (Å²) in [5, 5.41) is 2.95. The van der Waals surface area contributed by atoms with E-state index >= 15 is 0 Å². The zero-order valence-corrected chi connectivity index (χ0v) is 17.3. The smallest absolute Gasteiger partial charge is 0.403 e. The highest BCUT2D eigenvalue weighted by molar-refractivity contribution is 6.45. The van der Waals surface area contributed by atoms with Crippen molar-refractivity contribution >= 4 is 13.0 Å². The molecule has 1 atom stereocenters. The van der Waals surface area contributed by atoms with Gasteiger partial charge >= 0.3 is 7.12 Å². The first-order valence-electron chi connectivity index (χ1n) is 9.34. The Labute approximate surface area is 161 Å². The second-order valence-electron chi connectivity index (χ2n) is 9.21. The monoisotopic (exact) mass is 381 g/mol. The number of carbonyl (C=O) groups excluding carboxylic acids is 1. The van der Waals surface area contributed by atoms with Crippen LogP contribution in [0.25, 0.3) is 0 Å². The zero-order chi connectivity index (χ0) is 20.6. The number of benzene rings is 1. The molecule has 0 radical (unpaired) electrons. The maximum atomic E-state index is 13.7. The Morgan fingerprint density at radius 3 is 2.15 bits per heavy atom. The van der Waals surface area contributed by atoms with Gasteiger partial charge in [0.25, 0.3) is 0 Å². The highest BCUT2D eigenvalue weighted by Gasteiger charge is 2.50. The summed E-state index contributed by atoms with van der Waals surface area (Å²) < 4.78 is 39.0. The van der Waals surface area contributed by atoms with Gasteiger partial charge in [0, 0.05) is 5.41 Å². The summed E-state index contributed by atoms with van der Waals surface area (Å²) in [7, 11) is -0.422. The van der Waals surface area contributed by atoms with Crippen LogP contribution in [0.5, 0.6) is 0 Å². The fourth-order valence-corrected chi connectivity index (χ4v) is 2.81. The first kappa shape index (κ1) is 21.8. The van der Waals surface area contributed by atoms with Crippen LogP contribution in [0.3, 0.4) is 0 Å². The summed E-state index contributed by atoms with van der Waals surface area (Å²) in [6, 6.07) is 3.24. The van der Waals surface area contributed by atoms with Crippen molar-refractivity contribution in [2.45, 2.75) is 78.5 Å². The van der Waals surface area contributed by atoms with E-state index in [9.17, 15) is 13.6 Å². The Balaban J connectivity index is 2.15. The van der Waals surface area contributed by atoms with Crippen LogP contribution in [0.4, 0.5) is 8.78 Å². The number of amides is 1. The van der Waals surface area contributed by atoms with Crippen LogP contribution in [-0.4, -0.2) is 24.2 Å². The van der Waals surface area contributed by atoms with Crippen LogP contribution < -0.4 is 5.32 Å². The molecule has 0 aromatic heterocycles. The van der Waals surface area contributed by atoms with Crippen LogP contribution in [0.1, 0.15) is 66.5 Å². The molecule has 1 aliphatic rings. The number of nitrogens with one attached hydrogen (secondary N) is 1. The van der Waals surface area contributed by atoms with Gasteiger partial charge in [-0.1, -0.05) is 26.8 Å². The molecule has 1 N–H and O–H groups in total. The lowest BCUT2D eigenvalue weighted by atomic mass is 9.80. The third-order valence-corrected chi connectivity index (χ3v) is 5.33. The van der Waals surface area contributed by atoms with E-state index in [1.807, 2.05) is 27.7 Å². The van der Waals surface area contributed by atoms with Gasteiger partial charge in [-0.3, -0.25) is 4.79 Å². The van der Waals surface area contributed by atoms with E-state index in [1.165, 1.54) is 6.07 Å². The molecule has 0 saturated carbocycles. The molecule has 4 nitrogen and oxygen atoms in total. The molecular formula is C20H30BF2NO3. The van der Waals surface area contributed by atoms with Crippen molar-refractivity contribution in [1.82, 2.24) is 5.32 Å². The summed E-state index contributed by atoms with van der Waals surface area (Å²) >= 11 is 0. The molecule has 0 bridgehead atoms. The SMILES string of the molecule is CC(C)(C)C(=O)NC(CCB1OC(C)(C)C(C)(C)O1)c1ccc(F)c(F)c1. The van der Waals surface area contributed by atoms with Crippen molar-refractivity contribution in [3.05, 3.63) is 35.4 Å². The molecule has 1 aromatic carbocycles. The molecule has 7 heteroatoms. The van der Waals surface area contributed by atoms with E-state index in [4.69, 9.17) is 9.31 Å². The van der Waals surface area contributed by atoms with Crippen LogP contribution in [0.2, 0.25) is 6.32 Å². The van der Waals surface area contributed by atoms with Crippen LogP contribution in [0, 0.1) is 17.0 Å². The standard InChI is InChI=1S/C20H30BF2NO3/c1-18(2,3)17(25)24-16(13-8-9-14(22)15(23)12-13)10-11-21-26-19(4,5)20(6,7)27-21/h8-9,12,16H,10-11H2,1-7H3,(H,24,25). The molecule has 1 unspecified atom stereocenters. The number of hydrogen-bond donors (Lipinski definition) is 1. The molecule has 150 valence electrons. The minimum absolute atomic E-state index is 0.161. The normalized spacial score (nSPS) is 19.8. The maximum Gasteiger partial charge on any atom is 0.457 e. The second-order valence-corrected chi connectivity index (χ2v) is 9.21. The summed E-state index contributed by atoms with van der Waals surface area (Å²) in [4.78, 5) is 12.5. The lowest BCUT2D eigenvalue weighted by Crippen LogP contribution is -2.41. The van der Waals surface area contributed by atoms with E-state index in [-0.39, 0.29) is 5.91 Å². The van der Waals surface area contributed by atoms with E-state index in [1.54, 1.807) is 20.8 Å². The van der Waals surface area contributed by atoms with E-state index in [0.29, 0.717) is 18.3 Å². The first-order valence-corrected chi connectivity index (χ1v) is 9.34. The third-order valence-electron chi connectivity index (χ3n) is 5.33. The third kappa shape index (κ3) is 5.08. The lowest BCUT2D eigenvalue weighted by Gasteiger charge is -2.32.